The molecule has 0 amide bonds. The number of rotatable bonds is 13. The van der Waals surface area contributed by atoms with Gasteiger partial charge in [-0.2, -0.15) is 13.6 Å². The summed E-state index contributed by atoms with van der Waals surface area (Å²) in [5, 5.41) is 4.83. The molecule has 132 valence electrons. The number of hydrogen-bond acceptors (Lipinski definition) is 4. The Kier molecular flexibility index (Phi) is 9.71. The third-order valence-electron chi connectivity index (χ3n) is 3.53. The van der Waals surface area contributed by atoms with Crippen LogP contribution >= 0.6 is 0 Å². The van der Waals surface area contributed by atoms with E-state index < -0.39 is 10.3 Å². The quantitative estimate of drug-likeness (QED) is 0.545. The van der Waals surface area contributed by atoms with Crippen molar-refractivity contribution in [3.05, 3.63) is 24.3 Å². The van der Waals surface area contributed by atoms with E-state index in [9.17, 15) is 8.42 Å². The van der Waals surface area contributed by atoms with Crippen LogP contribution in [-0.4, -0.2) is 15.0 Å². The fourth-order valence-corrected chi connectivity index (χ4v) is 2.72. The van der Waals surface area contributed by atoms with Gasteiger partial charge in [0, 0.05) is 6.07 Å². The highest BCUT2D eigenvalue weighted by Gasteiger charge is 2.05. The lowest BCUT2D eigenvalue weighted by molar-refractivity contribution is 0.303. The minimum absolute atomic E-state index is 0.164. The van der Waals surface area contributed by atoms with Crippen molar-refractivity contribution in [1.82, 2.24) is 0 Å². The van der Waals surface area contributed by atoms with Crippen LogP contribution in [0.3, 0.4) is 0 Å². The second-order valence-electron chi connectivity index (χ2n) is 5.73. The van der Waals surface area contributed by atoms with Crippen molar-refractivity contribution < 1.29 is 17.3 Å². The first-order valence-corrected chi connectivity index (χ1v) is 9.93. The highest BCUT2D eigenvalue weighted by Crippen LogP contribution is 2.20. The van der Waals surface area contributed by atoms with E-state index >= 15 is 0 Å². The molecule has 0 radical (unpaired) electrons. The standard InChI is InChI=1S/C17H29NO4S/c1-2-3-4-5-6-7-8-9-10-14-21-16-12-11-13-17(15-16)22-23(18,19)20/h11-13,15H,2-10,14H2,1H3,(H2,18,19,20). The topological polar surface area (TPSA) is 78.6 Å². The van der Waals surface area contributed by atoms with Crippen molar-refractivity contribution in [2.24, 2.45) is 5.14 Å². The summed E-state index contributed by atoms with van der Waals surface area (Å²) in [6.07, 6.45) is 11.4. The molecule has 6 heteroatoms. The van der Waals surface area contributed by atoms with Crippen LogP contribution in [-0.2, 0) is 10.3 Å². The van der Waals surface area contributed by atoms with Crippen molar-refractivity contribution >= 4 is 10.3 Å². The van der Waals surface area contributed by atoms with E-state index in [-0.39, 0.29) is 5.75 Å². The average Bonchev–Trinajstić information content (AvgIpc) is 2.48. The molecule has 1 rings (SSSR count). The second-order valence-corrected chi connectivity index (χ2v) is 6.88. The van der Waals surface area contributed by atoms with Gasteiger partial charge in [-0.25, -0.2) is 0 Å². The van der Waals surface area contributed by atoms with Crippen LogP contribution in [0.4, 0.5) is 0 Å². The molecular formula is C17H29NO4S. The SMILES string of the molecule is CCCCCCCCCCCOc1cccc(OS(N)(=O)=O)c1. The van der Waals surface area contributed by atoms with Gasteiger partial charge in [-0.05, 0) is 18.6 Å². The maximum atomic E-state index is 10.9. The molecule has 0 aliphatic carbocycles. The molecule has 5 nitrogen and oxygen atoms in total. The molecule has 0 saturated heterocycles. The van der Waals surface area contributed by atoms with E-state index in [0.717, 1.165) is 12.8 Å². The predicted molar refractivity (Wildman–Crippen MR) is 92.9 cm³/mol. The van der Waals surface area contributed by atoms with E-state index in [1.54, 1.807) is 12.1 Å². The summed E-state index contributed by atoms with van der Waals surface area (Å²) in [5.74, 6) is 0.753. The molecule has 0 heterocycles. The Hall–Kier alpha value is -1.27. The number of hydrogen-bond donors (Lipinski definition) is 1. The van der Waals surface area contributed by atoms with Crippen LogP contribution in [0.15, 0.2) is 24.3 Å². The summed E-state index contributed by atoms with van der Waals surface area (Å²) >= 11 is 0. The molecule has 0 aliphatic rings. The Morgan fingerprint density at radius 1 is 0.913 bits per heavy atom. The number of ether oxygens (including phenoxy) is 1. The predicted octanol–water partition coefficient (Wildman–Crippen LogP) is 4.18. The third kappa shape index (κ3) is 11.0. The summed E-state index contributed by atoms with van der Waals surface area (Å²) in [5.41, 5.74) is 0. The Morgan fingerprint density at radius 2 is 1.48 bits per heavy atom. The molecule has 0 saturated carbocycles. The van der Waals surface area contributed by atoms with E-state index in [1.807, 2.05) is 0 Å². The van der Waals surface area contributed by atoms with Crippen LogP contribution in [0.5, 0.6) is 11.5 Å². The van der Waals surface area contributed by atoms with Gasteiger partial charge in [0.25, 0.3) is 0 Å². The van der Waals surface area contributed by atoms with E-state index in [1.165, 1.54) is 57.1 Å². The fraction of sp³-hybridized carbons (Fsp3) is 0.647. The van der Waals surface area contributed by atoms with Crippen molar-refractivity contribution in [3.63, 3.8) is 0 Å². The Labute approximate surface area is 140 Å². The maximum Gasteiger partial charge on any atom is 0.380 e. The number of unbranched alkanes of at least 4 members (excludes halogenated alkanes) is 8. The summed E-state index contributed by atoms with van der Waals surface area (Å²) in [6.45, 7) is 2.85. The lowest BCUT2D eigenvalue weighted by atomic mass is 10.1. The summed E-state index contributed by atoms with van der Waals surface area (Å²) in [4.78, 5) is 0. The van der Waals surface area contributed by atoms with Gasteiger partial charge in [-0.3, -0.25) is 0 Å². The number of benzene rings is 1. The van der Waals surface area contributed by atoms with Gasteiger partial charge >= 0.3 is 10.3 Å². The molecular weight excluding hydrogens is 314 g/mol. The zero-order valence-electron chi connectivity index (χ0n) is 14.0. The molecule has 0 unspecified atom stereocenters. The van der Waals surface area contributed by atoms with E-state index in [0.29, 0.717) is 12.4 Å². The van der Waals surface area contributed by atoms with E-state index in [2.05, 4.69) is 11.1 Å². The highest BCUT2D eigenvalue weighted by molar-refractivity contribution is 7.84. The van der Waals surface area contributed by atoms with Crippen LogP contribution in [0.2, 0.25) is 0 Å². The molecule has 0 aliphatic heterocycles. The van der Waals surface area contributed by atoms with Crippen LogP contribution < -0.4 is 14.1 Å². The molecule has 0 aromatic heterocycles. The van der Waals surface area contributed by atoms with Gasteiger partial charge in [0.15, 0.2) is 0 Å². The molecule has 2 N–H and O–H groups in total. The Bertz CT molecular complexity index is 531. The molecule has 23 heavy (non-hydrogen) atoms. The monoisotopic (exact) mass is 343 g/mol. The molecule has 0 bridgehead atoms. The first-order valence-electron chi connectivity index (χ1n) is 8.46. The number of nitrogens with two attached hydrogens (primary N) is 1. The van der Waals surface area contributed by atoms with Gasteiger partial charge in [0.2, 0.25) is 0 Å². The van der Waals surface area contributed by atoms with Crippen LogP contribution in [0.25, 0.3) is 0 Å². The fourth-order valence-electron chi connectivity index (χ4n) is 2.35. The first-order chi connectivity index (χ1) is 11.0. The minimum Gasteiger partial charge on any atom is -0.493 e. The van der Waals surface area contributed by atoms with E-state index in [4.69, 9.17) is 9.88 Å². The highest BCUT2D eigenvalue weighted by atomic mass is 32.2. The Balaban J connectivity index is 2.11. The summed E-state index contributed by atoms with van der Waals surface area (Å²) < 4.78 is 32.0. The molecule has 1 aromatic carbocycles. The smallest absolute Gasteiger partial charge is 0.380 e. The van der Waals surface area contributed by atoms with Crippen molar-refractivity contribution in [1.29, 1.82) is 0 Å². The van der Waals surface area contributed by atoms with Gasteiger partial charge in [0.05, 0.1) is 6.61 Å². The molecule has 0 fully saturated rings. The molecule has 0 spiro atoms. The normalized spacial score (nSPS) is 11.4. The van der Waals surface area contributed by atoms with Crippen LogP contribution in [0, 0.1) is 0 Å². The molecule has 1 aromatic rings. The van der Waals surface area contributed by atoms with Crippen LogP contribution in [0.1, 0.15) is 64.7 Å². The maximum absolute atomic E-state index is 10.9. The zero-order valence-corrected chi connectivity index (χ0v) is 14.8. The van der Waals surface area contributed by atoms with Gasteiger partial charge in [-0.1, -0.05) is 64.4 Å². The summed E-state index contributed by atoms with van der Waals surface area (Å²) in [6, 6.07) is 6.49. The largest absolute Gasteiger partial charge is 0.493 e. The van der Waals surface area contributed by atoms with Gasteiger partial charge in [-0.15, -0.1) is 0 Å². The first kappa shape index (κ1) is 19.8. The Morgan fingerprint density at radius 3 is 2.09 bits per heavy atom. The lowest BCUT2D eigenvalue weighted by Gasteiger charge is -2.08. The average molecular weight is 343 g/mol. The van der Waals surface area contributed by atoms with Crippen molar-refractivity contribution in [2.75, 3.05) is 6.61 Å². The third-order valence-corrected chi connectivity index (χ3v) is 3.96. The second kappa shape index (κ2) is 11.3. The van der Waals surface area contributed by atoms with Crippen molar-refractivity contribution in [3.8, 4) is 11.5 Å². The zero-order chi connectivity index (χ0) is 17.0. The van der Waals surface area contributed by atoms with Gasteiger partial charge in [0.1, 0.15) is 11.5 Å². The van der Waals surface area contributed by atoms with Gasteiger partial charge < -0.3 is 8.92 Å². The van der Waals surface area contributed by atoms with Crippen molar-refractivity contribution in [2.45, 2.75) is 64.7 Å². The molecule has 0 atom stereocenters. The lowest BCUT2D eigenvalue weighted by Crippen LogP contribution is -2.18. The minimum atomic E-state index is -3.99. The summed E-state index contributed by atoms with van der Waals surface area (Å²) in [7, 11) is -3.99.